The van der Waals surface area contributed by atoms with Crippen LogP contribution in [0.3, 0.4) is 0 Å². The average Bonchev–Trinajstić information content (AvgIpc) is 3.23. The Balaban J connectivity index is 1.40. The van der Waals surface area contributed by atoms with Crippen LogP contribution in [0.25, 0.3) is 23.4 Å². The molecule has 1 aromatic carbocycles. The highest BCUT2D eigenvalue weighted by molar-refractivity contribution is 5.71. The first-order valence-electron chi connectivity index (χ1n) is 10.2. The summed E-state index contributed by atoms with van der Waals surface area (Å²) in [6.45, 7) is 5.33. The molecule has 0 bridgehead atoms. The van der Waals surface area contributed by atoms with Gasteiger partial charge in [-0.3, -0.25) is 9.88 Å². The van der Waals surface area contributed by atoms with E-state index in [-0.39, 0.29) is 0 Å². The molecule has 0 saturated carbocycles. The van der Waals surface area contributed by atoms with E-state index >= 15 is 0 Å². The lowest BCUT2D eigenvalue weighted by molar-refractivity contribution is 0.0342. The van der Waals surface area contributed by atoms with Crippen LogP contribution < -0.4 is 5.73 Å². The summed E-state index contributed by atoms with van der Waals surface area (Å²) in [5, 5.41) is 0. The zero-order valence-electron chi connectivity index (χ0n) is 16.7. The Bertz CT molecular complexity index is 940. The third kappa shape index (κ3) is 5.41. The third-order valence-corrected chi connectivity index (χ3v) is 5.19. The lowest BCUT2D eigenvalue weighted by Gasteiger charge is -2.26. The molecule has 3 heterocycles. The summed E-state index contributed by atoms with van der Waals surface area (Å²) in [5.74, 6) is 0. The SMILES string of the molecule is NCCc1ccc(-c2ccnc(/C=C/c3ccc(CN4CCOCC4)cc3)c2)[nH]1. The number of nitrogens with two attached hydrogens (primary N) is 1. The van der Waals surface area contributed by atoms with Crippen molar-refractivity contribution >= 4 is 12.2 Å². The zero-order chi connectivity index (χ0) is 19.9. The second kappa shape index (κ2) is 9.65. The number of hydrogen-bond acceptors (Lipinski definition) is 4. The van der Waals surface area contributed by atoms with Gasteiger partial charge in [0.05, 0.1) is 18.9 Å². The summed E-state index contributed by atoms with van der Waals surface area (Å²) in [5.41, 5.74) is 12.5. The van der Waals surface area contributed by atoms with Crippen molar-refractivity contribution in [2.24, 2.45) is 5.73 Å². The molecule has 150 valence electrons. The Morgan fingerprint density at radius 1 is 1.03 bits per heavy atom. The molecular weight excluding hydrogens is 360 g/mol. The minimum absolute atomic E-state index is 0.648. The molecule has 1 saturated heterocycles. The Kier molecular flexibility index (Phi) is 6.52. The Morgan fingerprint density at radius 2 is 1.86 bits per heavy atom. The van der Waals surface area contributed by atoms with E-state index in [0.29, 0.717) is 6.54 Å². The van der Waals surface area contributed by atoms with E-state index in [9.17, 15) is 0 Å². The molecular formula is C24H28N4O. The predicted octanol–water partition coefficient (Wildman–Crippen LogP) is 3.58. The monoisotopic (exact) mass is 388 g/mol. The van der Waals surface area contributed by atoms with Crippen LogP contribution in [0, 0.1) is 0 Å². The number of pyridine rings is 1. The molecule has 4 rings (SSSR count). The van der Waals surface area contributed by atoms with Gasteiger partial charge in [0, 0.05) is 42.8 Å². The summed E-state index contributed by atoms with van der Waals surface area (Å²) in [6.07, 6.45) is 6.88. The highest BCUT2D eigenvalue weighted by Crippen LogP contribution is 2.20. The van der Waals surface area contributed by atoms with Crippen LogP contribution in [0.2, 0.25) is 0 Å². The summed E-state index contributed by atoms with van der Waals surface area (Å²) >= 11 is 0. The number of aromatic amines is 1. The van der Waals surface area contributed by atoms with Crippen molar-refractivity contribution < 1.29 is 4.74 Å². The molecule has 1 aliphatic rings. The van der Waals surface area contributed by atoms with Crippen LogP contribution in [-0.2, 0) is 17.7 Å². The van der Waals surface area contributed by atoms with Gasteiger partial charge in [-0.1, -0.05) is 30.3 Å². The molecule has 5 nitrogen and oxygen atoms in total. The van der Waals surface area contributed by atoms with E-state index in [1.54, 1.807) is 0 Å². The quantitative estimate of drug-likeness (QED) is 0.649. The molecule has 0 amide bonds. The fourth-order valence-electron chi connectivity index (χ4n) is 3.55. The van der Waals surface area contributed by atoms with Gasteiger partial charge in [0.2, 0.25) is 0 Å². The van der Waals surface area contributed by atoms with Gasteiger partial charge in [-0.05, 0) is 54.4 Å². The molecule has 5 heteroatoms. The van der Waals surface area contributed by atoms with E-state index in [1.165, 1.54) is 11.1 Å². The standard InChI is InChI=1S/C24H28N4O/c25-11-9-22-7-8-24(27-22)21-10-12-26-23(17-21)6-5-19-1-3-20(4-2-19)18-28-13-15-29-16-14-28/h1-8,10,12,17,27H,9,11,13-16,18,25H2/b6-5+. The summed E-state index contributed by atoms with van der Waals surface area (Å²) < 4.78 is 5.42. The van der Waals surface area contributed by atoms with Crippen LogP contribution in [0.5, 0.6) is 0 Å². The first-order chi connectivity index (χ1) is 14.3. The van der Waals surface area contributed by atoms with Crippen LogP contribution in [0.15, 0.2) is 54.7 Å². The zero-order valence-corrected chi connectivity index (χ0v) is 16.7. The smallest absolute Gasteiger partial charge is 0.0636 e. The van der Waals surface area contributed by atoms with E-state index < -0.39 is 0 Å². The van der Waals surface area contributed by atoms with E-state index in [0.717, 1.165) is 61.9 Å². The maximum absolute atomic E-state index is 5.64. The average molecular weight is 389 g/mol. The largest absolute Gasteiger partial charge is 0.379 e. The molecule has 29 heavy (non-hydrogen) atoms. The van der Waals surface area contributed by atoms with Crippen molar-refractivity contribution in [1.82, 2.24) is 14.9 Å². The molecule has 0 aliphatic carbocycles. The Morgan fingerprint density at radius 3 is 2.66 bits per heavy atom. The highest BCUT2D eigenvalue weighted by atomic mass is 16.5. The first kappa shape index (κ1) is 19.6. The van der Waals surface area contributed by atoms with E-state index in [2.05, 4.69) is 69.5 Å². The maximum Gasteiger partial charge on any atom is 0.0636 e. The number of H-pyrrole nitrogens is 1. The van der Waals surface area contributed by atoms with Crippen molar-refractivity contribution in [3.8, 4) is 11.3 Å². The minimum atomic E-state index is 0.648. The minimum Gasteiger partial charge on any atom is -0.379 e. The first-order valence-corrected chi connectivity index (χ1v) is 10.2. The number of hydrogen-bond donors (Lipinski definition) is 2. The second-order valence-electron chi connectivity index (χ2n) is 7.37. The molecule has 0 radical (unpaired) electrons. The van der Waals surface area contributed by atoms with Gasteiger partial charge in [0.25, 0.3) is 0 Å². The van der Waals surface area contributed by atoms with Crippen LogP contribution in [0.4, 0.5) is 0 Å². The highest BCUT2D eigenvalue weighted by Gasteiger charge is 2.10. The number of rotatable bonds is 7. The van der Waals surface area contributed by atoms with Gasteiger partial charge >= 0.3 is 0 Å². The van der Waals surface area contributed by atoms with Gasteiger partial charge in [-0.15, -0.1) is 0 Å². The van der Waals surface area contributed by atoms with Crippen LogP contribution in [0.1, 0.15) is 22.5 Å². The lowest BCUT2D eigenvalue weighted by Crippen LogP contribution is -2.35. The van der Waals surface area contributed by atoms with Crippen LogP contribution >= 0.6 is 0 Å². The van der Waals surface area contributed by atoms with E-state index in [4.69, 9.17) is 10.5 Å². The molecule has 1 aliphatic heterocycles. The molecule has 3 aromatic rings. The van der Waals surface area contributed by atoms with Gasteiger partial charge < -0.3 is 15.5 Å². The summed E-state index contributed by atoms with van der Waals surface area (Å²) in [4.78, 5) is 10.3. The fraction of sp³-hybridized carbons (Fsp3) is 0.292. The Labute approximate surface area is 172 Å². The number of ether oxygens (including phenoxy) is 1. The van der Waals surface area contributed by atoms with Crippen molar-refractivity contribution in [3.63, 3.8) is 0 Å². The fourth-order valence-corrected chi connectivity index (χ4v) is 3.55. The molecule has 1 fully saturated rings. The second-order valence-corrected chi connectivity index (χ2v) is 7.37. The Hall–Kier alpha value is -2.73. The third-order valence-electron chi connectivity index (χ3n) is 5.19. The van der Waals surface area contributed by atoms with Crippen LogP contribution in [-0.4, -0.2) is 47.7 Å². The summed E-state index contributed by atoms with van der Waals surface area (Å²) in [7, 11) is 0. The van der Waals surface area contributed by atoms with Crippen molar-refractivity contribution in [1.29, 1.82) is 0 Å². The number of nitrogens with zero attached hydrogens (tertiary/aromatic N) is 2. The van der Waals surface area contributed by atoms with Gasteiger partial charge in [0.1, 0.15) is 0 Å². The van der Waals surface area contributed by atoms with Crippen molar-refractivity contribution in [3.05, 3.63) is 77.2 Å². The normalized spacial score (nSPS) is 15.2. The number of nitrogens with one attached hydrogen (secondary N) is 1. The predicted molar refractivity (Wildman–Crippen MR) is 118 cm³/mol. The number of benzene rings is 1. The molecule has 0 atom stereocenters. The maximum atomic E-state index is 5.64. The van der Waals surface area contributed by atoms with Crippen molar-refractivity contribution in [2.75, 3.05) is 32.8 Å². The lowest BCUT2D eigenvalue weighted by atomic mass is 10.1. The van der Waals surface area contributed by atoms with Gasteiger partial charge in [-0.25, -0.2) is 0 Å². The van der Waals surface area contributed by atoms with Crippen molar-refractivity contribution in [2.45, 2.75) is 13.0 Å². The van der Waals surface area contributed by atoms with E-state index in [1.807, 2.05) is 12.3 Å². The van der Waals surface area contributed by atoms with Gasteiger partial charge in [-0.2, -0.15) is 0 Å². The summed E-state index contributed by atoms with van der Waals surface area (Å²) in [6, 6.07) is 17.1. The number of aromatic nitrogens is 2. The molecule has 3 N–H and O–H groups in total. The topological polar surface area (TPSA) is 67.2 Å². The number of morpholine rings is 1. The molecule has 2 aromatic heterocycles. The molecule has 0 unspecified atom stereocenters. The van der Waals surface area contributed by atoms with Gasteiger partial charge in [0.15, 0.2) is 0 Å². The molecule has 0 spiro atoms.